The molecule has 2 unspecified atom stereocenters. The summed E-state index contributed by atoms with van der Waals surface area (Å²) in [5.41, 5.74) is 3.55. The van der Waals surface area contributed by atoms with Gasteiger partial charge in [0.05, 0.1) is 16.4 Å². The molecule has 0 bridgehead atoms. The van der Waals surface area contributed by atoms with Crippen LogP contribution >= 0.6 is 11.3 Å². The molecule has 0 amide bonds. The third kappa shape index (κ3) is 4.21. The van der Waals surface area contributed by atoms with Gasteiger partial charge in [-0.2, -0.15) is 5.10 Å². The molecule has 1 aliphatic carbocycles. The summed E-state index contributed by atoms with van der Waals surface area (Å²) in [6, 6.07) is 7.58. The third-order valence-electron chi connectivity index (χ3n) is 6.07. The molecule has 3 N–H and O–H groups in total. The molecule has 7 nitrogen and oxygen atoms in total. The van der Waals surface area contributed by atoms with Crippen LogP contribution in [0.4, 0.5) is 17.2 Å². The Hall–Kier alpha value is -2.39. The Morgan fingerprint density at radius 2 is 1.97 bits per heavy atom. The number of hydrogen-bond donors (Lipinski definition) is 3. The summed E-state index contributed by atoms with van der Waals surface area (Å²) in [6.07, 6.45) is 5.40. The molecular weight excluding hydrogens is 430 g/mol. The highest BCUT2D eigenvalue weighted by atomic mass is 32.2. The molecule has 3 aromatic rings. The smallest absolute Gasteiger partial charge is 0.237 e. The fraction of sp³-hybridized carbons (Fsp3) is 0.455. The minimum Gasteiger partial charge on any atom is -0.339 e. The van der Waals surface area contributed by atoms with Gasteiger partial charge < -0.3 is 5.32 Å². The lowest BCUT2D eigenvalue weighted by molar-refractivity contribution is 0.601. The Bertz CT molecular complexity index is 1220. The summed E-state index contributed by atoms with van der Waals surface area (Å²) >= 11 is 1.85. The summed E-state index contributed by atoms with van der Waals surface area (Å²) in [4.78, 5) is 6.07. The maximum absolute atomic E-state index is 11.7. The van der Waals surface area contributed by atoms with Gasteiger partial charge in [0.2, 0.25) is 10.0 Å². The molecule has 3 heterocycles. The Balaban J connectivity index is 1.25. The first kappa shape index (κ1) is 20.5. The maximum Gasteiger partial charge on any atom is 0.237 e. The molecule has 5 rings (SSSR count). The molecule has 0 saturated heterocycles. The molecule has 2 atom stereocenters. The molecular formula is C22H27N5O2S2. The molecule has 0 spiro atoms. The summed E-state index contributed by atoms with van der Waals surface area (Å²) in [5.74, 6) is 1.72. The van der Waals surface area contributed by atoms with E-state index >= 15 is 0 Å². The van der Waals surface area contributed by atoms with E-state index in [1.54, 1.807) is 6.07 Å². The van der Waals surface area contributed by atoms with Crippen molar-refractivity contribution in [3.63, 3.8) is 0 Å². The van der Waals surface area contributed by atoms with Crippen molar-refractivity contribution >= 4 is 38.6 Å². The van der Waals surface area contributed by atoms with Gasteiger partial charge in [0.15, 0.2) is 5.82 Å². The number of benzene rings is 1. The molecule has 1 fully saturated rings. The molecule has 164 valence electrons. The number of nitrogens with zero attached hydrogens (tertiary/aromatic N) is 2. The van der Waals surface area contributed by atoms with E-state index in [1.807, 2.05) is 29.7 Å². The highest BCUT2D eigenvalue weighted by molar-refractivity contribution is 7.92. The quantitative estimate of drug-likeness (QED) is 0.499. The molecule has 1 aromatic carbocycles. The first-order valence-corrected chi connectivity index (χ1v) is 13.1. The first-order chi connectivity index (χ1) is 14.7. The molecule has 31 heavy (non-hydrogen) atoms. The lowest BCUT2D eigenvalue weighted by Gasteiger charge is -2.14. The van der Waals surface area contributed by atoms with Gasteiger partial charge in [-0.25, -0.2) is 13.4 Å². The third-order valence-corrected chi connectivity index (χ3v) is 8.88. The molecule has 2 aromatic heterocycles. The van der Waals surface area contributed by atoms with Crippen LogP contribution in [0.15, 0.2) is 30.5 Å². The Kier molecular flexibility index (Phi) is 4.86. The summed E-state index contributed by atoms with van der Waals surface area (Å²) in [5, 5.41) is 12.2. The number of H-pyrrole nitrogens is 1. The molecule has 0 radical (unpaired) electrons. The zero-order chi connectivity index (χ0) is 21.8. The molecule has 9 heteroatoms. The standard InChI is InChI=1S/C22H27N5O2S2/c1-22(2,3)19-11-23-21(30-19)14-5-4-13(8-14)18-10-20(26-25-18)24-16-6-7-17-15(9-16)12-31(28,29)27-17/h6-7,9-11,13-14,27H,4-5,8,12H2,1-3H3,(H2,24,25,26). The summed E-state index contributed by atoms with van der Waals surface area (Å²) in [6.45, 7) is 6.70. The first-order valence-electron chi connectivity index (χ1n) is 10.6. The number of hydrogen-bond acceptors (Lipinski definition) is 6. The molecule has 1 aliphatic heterocycles. The second-order valence-electron chi connectivity index (χ2n) is 9.59. The van der Waals surface area contributed by atoms with Crippen molar-refractivity contribution in [2.75, 3.05) is 10.0 Å². The number of rotatable bonds is 4. The normalized spacial score (nSPS) is 22.3. The second-order valence-corrected chi connectivity index (χ2v) is 12.4. The van der Waals surface area contributed by atoms with Gasteiger partial charge in [0, 0.05) is 40.4 Å². The Morgan fingerprint density at radius 1 is 1.16 bits per heavy atom. The number of anilines is 3. The highest BCUT2D eigenvalue weighted by Gasteiger charge is 2.31. The second kappa shape index (κ2) is 7.34. The lowest BCUT2D eigenvalue weighted by atomic mass is 9.96. The average molecular weight is 458 g/mol. The zero-order valence-electron chi connectivity index (χ0n) is 17.9. The van der Waals surface area contributed by atoms with Gasteiger partial charge >= 0.3 is 0 Å². The number of fused-ring (bicyclic) bond motifs is 1. The Morgan fingerprint density at radius 3 is 2.74 bits per heavy atom. The van der Waals surface area contributed by atoms with E-state index in [0.29, 0.717) is 17.5 Å². The fourth-order valence-electron chi connectivity index (χ4n) is 4.37. The average Bonchev–Trinajstić information content (AvgIpc) is 3.45. The van der Waals surface area contributed by atoms with Crippen LogP contribution in [-0.2, 0) is 21.2 Å². The van der Waals surface area contributed by atoms with Crippen molar-refractivity contribution in [2.24, 2.45) is 0 Å². The largest absolute Gasteiger partial charge is 0.339 e. The molecule has 1 saturated carbocycles. The monoisotopic (exact) mass is 457 g/mol. The van der Waals surface area contributed by atoms with Crippen molar-refractivity contribution in [1.29, 1.82) is 0 Å². The predicted molar refractivity (Wildman–Crippen MR) is 125 cm³/mol. The SMILES string of the molecule is CC(C)(C)c1cnc(C2CCC(c3cc(Nc4ccc5c(c4)CS(=O)(=O)N5)n[nH]3)C2)s1. The topological polar surface area (TPSA) is 99.8 Å². The molecule has 2 aliphatic rings. The van der Waals surface area contributed by atoms with Crippen LogP contribution in [0.3, 0.4) is 0 Å². The van der Waals surface area contributed by atoms with Crippen LogP contribution in [0.1, 0.15) is 73.0 Å². The van der Waals surface area contributed by atoms with Gasteiger partial charge in [0.25, 0.3) is 0 Å². The van der Waals surface area contributed by atoms with E-state index in [2.05, 4.69) is 47.1 Å². The van der Waals surface area contributed by atoms with Crippen molar-refractivity contribution in [1.82, 2.24) is 15.2 Å². The fourth-order valence-corrected chi connectivity index (χ4v) is 6.75. The van der Waals surface area contributed by atoms with E-state index < -0.39 is 10.0 Å². The minimum absolute atomic E-state index is 0.0147. The van der Waals surface area contributed by atoms with Crippen molar-refractivity contribution < 1.29 is 8.42 Å². The van der Waals surface area contributed by atoms with Gasteiger partial charge in [-0.3, -0.25) is 9.82 Å². The van der Waals surface area contributed by atoms with E-state index in [-0.39, 0.29) is 11.2 Å². The van der Waals surface area contributed by atoms with Crippen LogP contribution in [0.25, 0.3) is 0 Å². The van der Waals surface area contributed by atoms with Crippen LogP contribution < -0.4 is 10.0 Å². The van der Waals surface area contributed by atoms with E-state index in [0.717, 1.165) is 42.0 Å². The van der Waals surface area contributed by atoms with Crippen LogP contribution in [0.5, 0.6) is 0 Å². The minimum atomic E-state index is -3.24. The summed E-state index contributed by atoms with van der Waals surface area (Å²) < 4.78 is 26.0. The van der Waals surface area contributed by atoms with Crippen LogP contribution in [0, 0.1) is 0 Å². The number of nitrogens with one attached hydrogen (secondary N) is 3. The van der Waals surface area contributed by atoms with Crippen molar-refractivity contribution in [2.45, 2.75) is 63.0 Å². The maximum atomic E-state index is 11.7. The summed E-state index contributed by atoms with van der Waals surface area (Å²) in [7, 11) is -3.24. The number of aromatic nitrogens is 3. The van der Waals surface area contributed by atoms with E-state index in [1.165, 1.54) is 9.88 Å². The van der Waals surface area contributed by atoms with E-state index in [9.17, 15) is 8.42 Å². The van der Waals surface area contributed by atoms with E-state index in [4.69, 9.17) is 4.98 Å². The Labute approximate surface area is 186 Å². The van der Waals surface area contributed by atoms with Gasteiger partial charge in [-0.1, -0.05) is 20.8 Å². The van der Waals surface area contributed by atoms with Crippen molar-refractivity contribution in [3.8, 4) is 0 Å². The van der Waals surface area contributed by atoms with Gasteiger partial charge in [0.1, 0.15) is 0 Å². The number of thiazole rings is 1. The van der Waals surface area contributed by atoms with Gasteiger partial charge in [-0.05, 0) is 48.4 Å². The number of sulfonamides is 1. The number of aromatic amines is 1. The van der Waals surface area contributed by atoms with Crippen LogP contribution in [0.2, 0.25) is 0 Å². The lowest BCUT2D eigenvalue weighted by Crippen LogP contribution is -2.07. The van der Waals surface area contributed by atoms with Crippen molar-refractivity contribution in [3.05, 3.63) is 51.6 Å². The predicted octanol–water partition coefficient (Wildman–Crippen LogP) is 5.21. The zero-order valence-corrected chi connectivity index (χ0v) is 19.5. The highest BCUT2D eigenvalue weighted by Crippen LogP contribution is 2.45. The van der Waals surface area contributed by atoms with Crippen LogP contribution in [-0.4, -0.2) is 23.6 Å². The van der Waals surface area contributed by atoms with Gasteiger partial charge in [-0.15, -0.1) is 11.3 Å².